The second kappa shape index (κ2) is 7.53. The van der Waals surface area contributed by atoms with Gasteiger partial charge in [-0.15, -0.1) is 0 Å². The van der Waals surface area contributed by atoms with Gasteiger partial charge in [0.15, 0.2) is 11.5 Å². The monoisotopic (exact) mass is 424 g/mol. The summed E-state index contributed by atoms with van der Waals surface area (Å²) in [4.78, 5) is 14.3. The Kier molecular flexibility index (Phi) is 4.87. The lowest BCUT2D eigenvalue weighted by atomic mass is 10.1. The van der Waals surface area contributed by atoms with Crippen LogP contribution in [0.5, 0.6) is 0 Å². The van der Waals surface area contributed by atoms with Gasteiger partial charge in [0.25, 0.3) is 0 Å². The third-order valence-corrected chi connectivity index (χ3v) is 4.53. The molecule has 156 valence electrons. The maximum absolute atomic E-state index is 13.1. The molecule has 1 amide bonds. The number of carbonyl (C=O) groups excluding carboxylic acids is 1. The van der Waals surface area contributed by atoms with Gasteiger partial charge in [0.05, 0.1) is 17.5 Å². The molecule has 0 fully saturated rings. The summed E-state index contributed by atoms with van der Waals surface area (Å²) in [5.41, 5.74) is 1.90. The minimum absolute atomic E-state index is 0.209. The number of hydrogen-bond acceptors (Lipinski definition) is 4. The van der Waals surface area contributed by atoms with Gasteiger partial charge in [-0.05, 0) is 30.3 Å². The van der Waals surface area contributed by atoms with Gasteiger partial charge in [-0.1, -0.05) is 18.2 Å². The van der Waals surface area contributed by atoms with Crippen molar-refractivity contribution in [2.45, 2.75) is 13.1 Å². The molecule has 0 aliphatic heterocycles. The molecule has 0 saturated heterocycles. The smallest absolute Gasteiger partial charge is 0.338 e. The number of halogens is 3. The molecule has 0 atom stereocenters. The van der Waals surface area contributed by atoms with Crippen molar-refractivity contribution in [2.24, 2.45) is 0 Å². The van der Waals surface area contributed by atoms with Crippen LogP contribution in [0.2, 0.25) is 0 Å². The highest BCUT2D eigenvalue weighted by Crippen LogP contribution is 2.35. The second-order valence-corrected chi connectivity index (χ2v) is 6.74. The van der Waals surface area contributed by atoms with E-state index in [1.54, 1.807) is 24.3 Å². The maximum Gasteiger partial charge on any atom is 0.416 e. The molecule has 0 radical (unpaired) electrons. The molecule has 2 aromatic carbocycles. The van der Waals surface area contributed by atoms with E-state index in [9.17, 15) is 23.2 Å². The third-order valence-electron chi connectivity index (χ3n) is 4.53. The van der Waals surface area contributed by atoms with E-state index in [4.69, 9.17) is 0 Å². The minimum Gasteiger partial charge on any atom is -0.338 e. The molecule has 0 unspecified atom stereocenters. The molecule has 0 spiro atoms. The van der Waals surface area contributed by atoms with Crippen LogP contribution in [0.25, 0.3) is 16.9 Å². The summed E-state index contributed by atoms with van der Waals surface area (Å²) < 4.78 is 40.7. The average molecular weight is 424 g/mol. The summed E-state index contributed by atoms with van der Waals surface area (Å²) in [5, 5.41) is 19.2. The van der Waals surface area contributed by atoms with Gasteiger partial charge in [0, 0.05) is 23.9 Å². The molecule has 0 saturated carbocycles. The van der Waals surface area contributed by atoms with E-state index in [0.29, 0.717) is 28.4 Å². The molecule has 31 heavy (non-hydrogen) atoms. The van der Waals surface area contributed by atoms with Gasteiger partial charge >= 0.3 is 6.18 Å². The number of aromatic amines is 1. The number of alkyl halides is 3. The van der Waals surface area contributed by atoms with Crippen LogP contribution in [-0.4, -0.2) is 20.5 Å². The van der Waals surface area contributed by atoms with E-state index in [1.165, 1.54) is 29.8 Å². The summed E-state index contributed by atoms with van der Waals surface area (Å²) in [5.74, 6) is 0.153. The minimum atomic E-state index is -4.48. The van der Waals surface area contributed by atoms with Crippen LogP contribution < -0.4 is 10.6 Å². The topological polar surface area (TPSA) is 98.0 Å². The second-order valence-electron chi connectivity index (χ2n) is 6.74. The molecular weight excluding hydrogens is 409 g/mol. The molecule has 4 aromatic rings. The Labute approximate surface area is 174 Å². The number of imidazole rings is 1. The van der Waals surface area contributed by atoms with Crippen molar-refractivity contribution in [2.75, 3.05) is 10.6 Å². The molecule has 0 bridgehead atoms. The number of benzene rings is 2. The highest BCUT2D eigenvalue weighted by molar-refractivity contribution is 5.89. The van der Waals surface area contributed by atoms with Crippen molar-refractivity contribution in [3.05, 3.63) is 65.9 Å². The molecule has 7 nitrogen and oxygen atoms in total. The lowest BCUT2D eigenvalue weighted by Gasteiger charge is -2.11. The number of rotatable bonds is 4. The van der Waals surface area contributed by atoms with Gasteiger partial charge in [-0.25, -0.2) is 0 Å². The number of aromatic nitrogens is 3. The molecule has 0 aliphatic rings. The number of nitriles is 1. The van der Waals surface area contributed by atoms with Gasteiger partial charge in [-0.3, -0.25) is 4.79 Å². The van der Waals surface area contributed by atoms with Gasteiger partial charge in [-0.2, -0.15) is 28.0 Å². The number of fused-ring (bicyclic) bond motifs is 1. The van der Waals surface area contributed by atoms with E-state index in [-0.39, 0.29) is 17.2 Å². The van der Waals surface area contributed by atoms with Crippen molar-refractivity contribution < 1.29 is 18.0 Å². The lowest BCUT2D eigenvalue weighted by Crippen LogP contribution is -2.06. The molecule has 4 rings (SSSR count). The first kappa shape index (κ1) is 20.0. The normalized spacial score (nSPS) is 11.3. The lowest BCUT2D eigenvalue weighted by molar-refractivity contribution is -0.137. The summed E-state index contributed by atoms with van der Waals surface area (Å²) in [6.45, 7) is 1.40. The summed E-state index contributed by atoms with van der Waals surface area (Å²) >= 11 is 0. The Hall–Kier alpha value is -4.26. The maximum atomic E-state index is 13.1. The number of H-pyrrole nitrogens is 1. The van der Waals surface area contributed by atoms with Crippen LogP contribution in [0.15, 0.2) is 54.7 Å². The quantitative estimate of drug-likeness (QED) is 0.433. The van der Waals surface area contributed by atoms with Crippen molar-refractivity contribution >= 4 is 28.7 Å². The zero-order chi connectivity index (χ0) is 22.2. The number of amides is 1. The Morgan fingerprint density at radius 2 is 1.90 bits per heavy atom. The fraction of sp³-hybridized carbons (Fsp3) is 0.0952. The predicted octanol–water partition coefficient (Wildman–Crippen LogP) is 4.92. The van der Waals surface area contributed by atoms with E-state index >= 15 is 0 Å². The van der Waals surface area contributed by atoms with Crippen LogP contribution in [0.3, 0.4) is 0 Å². The van der Waals surface area contributed by atoms with E-state index < -0.39 is 11.7 Å². The SMILES string of the molecule is CC(=O)Nc1ccc(-c2[nH]c3c(C#N)cnn3c2Nc2cccc(C(F)(F)F)c2)cc1. The first-order chi connectivity index (χ1) is 14.8. The largest absolute Gasteiger partial charge is 0.416 e. The number of nitrogens with zero attached hydrogens (tertiary/aromatic N) is 3. The Balaban J connectivity index is 1.80. The van der Waals surface area contributed by atoms with Crippen molar-refractivity contribution in [1.29, 1.82) is 5.26 Å². The van der Waals surface area contributed by atoms with Gasteiger partial charge in [0.2, 0.25) is 5.91 Å². The first-order valence-corrected chi connectivity index (χ1v) is 9.08. The van der Waals surface area contributed by atoms with E-state index in [2.05, 4.69) is 20.7 Å². The summed E-state index contributed by atoms with van der Waals surface area (Å²) in [6.07, 6.45) is -3.11. The molecule has 2 heterocycles. The van der Waals surface area contributed by atoms with Gasteiger partial charge in [0.1, 0.15) is 11.6 Å². The van der Waals surface area contributed by atoms with Crippen LogP contribution in [0.4, 0.5) is 30.4 Å². The van der Waals surface area contributed by atoms with Crippen molar-refractivity contribution in [3.8, 4) is 17.3 Å². The highest BCUT2D eigenvalue weighted by Gasteiger charge is 2.30. The molecular formula is C21H15F3N6O. The van der Waals surface area contributed by atoms with Crippen molar-refractivity contribution in [1.82, 2.24) is 14.6 Å². The van der Waals surface area contributed by atoms with E-state index in [1.807, 2.05) is 6.07 Å². The van der Waals surface area contributed by atoms with E-state index in [0.717, 1.165) is 12.1 Å². The highest BCUT2D eigenvalue weighted by atomic mass is 19.4. The first-order valence-electron chi connectivity index (χ1n) is 9.08. The standard InChI is InChI=1S/C21H15F3N6O/c1-12(31)27-16-7-5-13(6-8-16)18-20(30-19(29-18)14(10-25)11-26-30)28-17-4-2-3-15(9-17)21(22,23)24/h2-9,11,28-29H,1H3,(H,27,31). The summed E-state index contributed by atoms with van der Waals surface area (Å²) in [7, 11) is 0. The van der Waals surface area contributed by atoms with Crippen LogP contribution in [0, 0.1) is 11.3 Å². The zero-order valence-corrected chi connectivity index (χ0v) is 16.1. The molecule has 10 heteroatoms. The number of nitrogens with one attached hydrogen (secondary N) is 3. The van der Waals surface area contributed by atoms with Gasteiger partial charge < -0.3 is 15.6 Å². The Bertz CT molecular complexity index is 1310. The molecule has 2 aromatic heterocycles. The Morgan fingerprint density at radius 3 is 2.55 bits per heavy atom. The van der Waals surface area contributed by atoms with Crippen LogP contribution in [-0.2, 0) is 11.0 Å². The van der Waals surface area contributed by atoms with Crippen LogP contribution in [0.1, 0.15) is 18.1 Å². The summed E-state index contributed by atoms with van der Waals surface area (Å²) in [6, 6.07) is 13.7. The zero-order valence-electron chi connectivity index (χ0n) is 16.1. The number of anilines is 3. The number of hydrogen-bond donors (Lipinski definition) is 3. The van der Waals surface area contributed by atoms with Crippen molar-refractivity contribution in [3.63, 3.8) is 0 Å². The Morgan fingerprint density at radius 1 is 1.16 bits per heavy atom. The molecule has 0 aliphatic carbocycles. The molecule has 3 N–H and O–H groups in total. The van der Waals surface area contributed by atoms with Crippen LogP contribution >= 0.6 is 0 Å². The predicted molar refractivity (Wildman–Crippen MR) is 109 cm³/mol. The fourth-order valence-electron chi connectivity index (χ4n) is 3.16. The number of carbonyl (C=O) groups is 1. The average Bonchev–Trinajstić information content (AvgIpc) is 3.28. The fourth-order valence-corrected chi connectivity index (χ4v) is 3.16. The third kappa shape index (κ3) is 3.93.